The Morgan fingerprint density at radius 2 is 2.00 bits per heavy atom. The molecule has 0 saturated heterocycles. The summed E-state index contributed by atoms with van der Waals surface area (Å²) in [5.41, 5.74) is 0.462. The van der Waals surface area contributed by atoms with E-state index >= 15 is 0 Å². The largest absolute Gasteiger partial charge is 1.00 e. The summed E-state index contributed by atoms with van der Waals surface area (Å²) in [6.45, 7) is 2.84. The zero-order chi connectivity index (χ0) is 14.1. The van der Waals surface area contributed by atoms with E-state index in [1.165, 1.54) is 0 Å². The molecule has 0 aliphatic heterocycles. The number of benzene rings is 1. The number of carboxylic acid groups (broad SMARTS) is 1. The van der Waals surface area contributed by atoms with E-state index in [0.29, 0.717) is 30.9 Å². The Bertz CT molecular complexity index is 437. The number of carboxylic acids is 1. The SMILES string of the molecule is CCCOc1ccccc1C(=O)NCCCC(=O)[O-].[Na+]. The number of carbonyl (C=O) groups is 2. The van der Waals surface area contributed by atoms with Crippen molar-refractivity contribution in [2.45, 2.75) is 26.2 Å². The van der Waals surface area contributed by atoms with Crippen molar-refractivity contribution >= 4 is 11.9 Å². The average Bonchev–Trinajstić information content (AvgIpc) is 2.41. The fraction of sp³-hybridized carbons (Fsp3) is 0.429. The van der Waals surface area contributed by atoms with Crippen LogP contribution in [0.2, 0.25) is 0 Å². The number of hydrogen-bond donors (Lipinski definition) is 1. The molecule has 0 spiro atoms. The molecule has 5 nitrogen and oxygen atoms in total. The van der Waals surface area contributed by atoms with E-state index < -0.39 is 5.97 Å². The van der Waals surface area contributed by atoms with Gasteiger partial charge in [0.05, 0.1) is 12.2 Å². The Labute approximate surface area is 141 Å². The molecule has 1 aromatic rings. The molecule has 0 aromatic heterocycles. The molecule has 104 valence electrons. The van der Waals surface area contributed by atoms with E-state index in [9.17, 15) is 14.7 Å². The van der Waals surface area contributed by atoms with Gasteiger partial charge in [-0.3, -0.25) is 4.79 Å². The van der Waals surface area contributed by atoms with Gasteiger partial charge in [0.25, 0.3) is 5.91 Å². The van der Waals surface area contributed by atoms with Crippen molar-refractivity contribution in [1.29, 1.82) is 0 Å². The monoisotopic (exact) mass is 287 g/mol. The molecule has 0 atom stereocenters. The zero-order valence-corrected chi connectivity index (χ0v) is 14.0. The van der Waals surface area contributed by atoms with E-state index in [-0.39, 0.29) is 41.9 Å². The van der Waals surface area contributed by atoms with Crippen LogP contribution in [0, 0.1) is 0 Å². The number of carbonyl (C=O) groups excluding carboxylic acids is 2. The van der Waals surface area contributed by atoms with Crippen LogP contribution in [0.3, 0.4) is 0 Å². The number of amides is 1. The second kappa shape index (κ2) is 10.7. The van der Waals surface area contributed by atoms with Crippen LogP contribution in [0.1, 0.15) is 36.5 Å². The molecular formula is C14H18NNaO4. The Hall–Kier alpha value is -1.04. The third kappa shape index (κ3) is 6.93. The van der Waals surface area contributed by atoms with Crippen molar-refractivity contribution in [3.8, 4) is 5.75 Å². The van der Waals surface area contributed by atoms with Crippen LogP contribution in [0.4, 0.5) is 0 Å². The molecule has 0 aliphatic carbocycles. The Kier molecular flexibility index (Phi) is 10.2. The Balaban J connectivity index is 0.00000361. The van der Waals surface area contributed by atoms with Gasteiger partial charge in [-0.05, 0) is 31.4 Å². The van der Waals surface area contributed by atoms with Crippen LogP contribution in [0.15, 0.2) is 24.3 Å². The summed E-state index contributed by atoms with van der Waals surface area (Å²) in [6.07, 6.45) is 1.15. The van der Waals surface area contributed by atoms with Gasteiger partial charge < -0.3 is 20.0 Å². The molecule has 0 radical (unpaired) electrons. The van der Waals surface area contributed by atoms with Crippen molar-refractivity contribution in [2.75, 3.05) is 13.2 Å². The molecule has 0 aliphatic rings. The van der Waals surface area contributed by atoms with Crippen molar-refractivity contribution in [3.05, 3.63) is 29.8 Å². The van der Waals surface area contributed by atoms with E-state index in [1.807, 2.05) is 6.92 Å². The number of rotatable bonds is 8. The van der Waals surface area contributed by atoms with Crippen LogP contribution in [-0.4, -0.2) is 25.0 Å². The molecule has 0 unspecified atom stereocenters. The third-order valence-corrected chi connectivity index (χ3v) is 2.44. The topological polar surface area (TPSA) is 78.5 Å². The van der Waals surface area contributed by atoms with Gasteiger partial charge in [-0.1, -0.05) is 19.1 Å². The first-order chi connectivity index (χ1) is 9.15. The van der Waals surface area contributed by atoms with Crippen molar-refractivity contribution < 1.29 is 49.0 Å². The van der Waals surface area contributed by atoms with Crippen molar-refractivity contribution in [2.24, 2.45) is 0 Å². The standard InChI is InChI=1S/C14H19NO4.Na/c1-2-10-19-12-7-4-3-6-11(12)14(18)15-9-5-8-13(16)17;/h3-4,6-7H,2,5,8-10H2,1H3,(H,15,18)(H,16,17);/q;+1/p-1. The van der Waals surface area contributed by atoms with Gasteiger partial charge in [0.1, 0.15) is 5.75 Å². The summed E-state index contributed by atoms with van der Waals surface area (Å²) < 4.78 is 5.49. The van der Waals surface area contributed by atoms with Gasteiger partial charge >= 0.3 is 29.6 Å². The predicted molar refractivity (Wildman–Crippen MR) is 68.8 cm³/mol. The van der Waals surface area contributed by atoms with Gasteiger partial charge in [0.15, 0.2) is 0 Å². The first kappa shape index (κ1) is 19.0. The molecule has 0 bridgehead atoms. The maximum atomic E-state index is 11.9. The number of hydrogen-bond acceptors (Lipinski definition) is 4. The molecular weight excluding hydrogens is 269 g/mol. The first-order valence-corrected chi connectivity index (χ1v) is 6.35. The summed E-state index contributed by atoms with van der Waals surface area (Å²) in [5, 5.41) is 12.9. The second-order valence-electron chi connectivity index (χ2n) is 4.08. The molecule has 1 amide bonds. The van der Waals surface area contributed by atoms with Crippen LogP contribution in [0.25, 0.3) is 0 Å². The minimum atomic E-state index is -1.11. The predicted octanol–water partition coefficient (Wildman–Crippen LogP) is -2.26. The zero-order valence-electron chi connectivity index (χ0n) is 12.0. The summed E-state index contributed by atoms with van der Waals surface area (Å²) in [4.78, 5) is 22.2. The molecule has 1 rings (SSSR count). The van der Waals surface area contributed by atoms with E-state index in [1.54, 1.807) is 24.3 Å². The maximum absolute atomic E-state index is 11.9. The van der Waals surface area contributed by atoms with Gasteiger partial charge in [-0.25, -0.2) is 0 Å². The van der Waals surface area contributed by atoms with Crippen molar-refractivity contribution in [1.82, 2.24) is 5.32 Å². The second-order valence-corrected chi connectivity index (χ2v) is 4.08. The molecule has 6 heteroatoms. The third-order valence-electron chi connectivity index (χ3n) is 2.44. The van der Waals surface area contributed by atoms with Crippen LogP contribution >= 0.6 is 0 Å². The van der Waals surface area contributed by atoms with Crippen molar-refractivity contribution in [3.63, 3.8) is 0 Å². The van der Waals surface area contributed by atoms with Gasteiger partial charge in [-0.2, -0.15) is 0 Å². The van der Waals surface area contributed by atoms with E-state index in [4.69, 9.17) is 4.74 Å². The first-order valence-electron chi connectivity index (χ1n) is 6.35. The van der Waals surface area contributed by atoms with Gasteiger partial charge in [0.2, 0.25) is 0 Å². The van der Waals surface area contributed by atoms with E-state index in [2.05, 4.69) is 5.32 Å². The smallest absolute Gasteiger partial charge is 0.550 e. The Morgan fingerprint density at radius 1 is 1.30 bits per heavy atom. The molecule has 0 heterocycles. The summed E-state index contributed by atoms with van der Waals surface area (Å²) in [7, 11) is 0. The molecule has 1 N–H and O–H groups in total. The Morgan fingerprint density at radius 3 is 2.65 bits per heavy atom. The molecule has 20 heavy (non-hydrogen) atoms. The van der Waals surface area contributed by atoms with Crippen LogP contribution < -0.4 is 44.7 Å². The van der Waals surface area contributed by atoms with Crippen LogP contribution in [0.5, 0.6) is 5.75 Å². The summed E-state index contributed by atoms with van der Waals surface area (Å²) in [6, 6.07) is 6.98. The fourth-order valence-electron chi connectivity index (χ4n) is 1.52. The maximum Gasteiger partial charge on any atom is 1.00 e. The molecule has 0 saturated carbocycles. The number of ether oxygens (including phenoxy) is 1. The number of aliphatic carboxylic acids is 1. The summed E-state index contributed by atoms with van der Waals surface area (Å²) in [5.74, 6) is -0.826. The number of para-hydroxylation sites is 1. The van der Waals surface area contributed by atoms with Gasteiger partial charge in [0, 0.05) is 12.5 Å². The summed E-state index contributed by atoms with van der Waals surface area (Å²) >= 11 is 0. The molecule has 0 fully saturated rings. The van der Waals surface area contributed by atoms with Gasteiger partial charge in [-0.15, -0.1) is 0 Å². The average molecular weight is 287 g/mol. The quantitative estimate of drug-likeness (QED) is 0.432. The fourth-order valence-corrected chi connectivity index (χ4v) is 1.52. The number of nitrogens with one attached hydrogen (secondary N) is 1. The minimum Gasteiger partial charge on any atom is -0.550 e. The minimum absolute atomic E-state index is 0. The molecule has 1 aromatic carbocycles. The normalized spacial score (nSPS) is 9.45. The van der Waals surface area contributed by atoms with E-state index in [0.717, 1.165) is 6.42 Å². The van der Waals surface area contributed by atoms with Crippen LogP contribution in [-0.2, 0) is 4.79 Å².